The van der Waals surface area contributed by atoms with E-state index in [4.69, 9.17) is 10.5 Å². The van der Waals surface area contributed by atoms with Gasteiger partial charge in [0.2, 0.25) is 5.91 Å². The SMILES string of the molecule is COc1ccc2cc(CN3CC[C@@H](C(N)=O)C3)ccc2c1. The Balaban J connectivity index is 1.74. The topological polar surface area (TPSA) is 55.6 Å². The number of primary amides is 1. The van der Waals surface area contributed by atoms with E-state index < -0.39 is 0 Å². The number of carbonyl (C=O) groups is 1. The van der Waals surface area contributed by atoms with Crippen molar-refractivity contribution in [1.29, 1.82) is 0 Å². The van der Waals surface area contributed by atoms with Crippen molar-refractivity contribution in [2.75, 3.05) is 20.2 Å². The summed E-state index contributed by atoms with van der Waals surface area (Å²) < 4.78 is 5.24. The van der Waals surface area contributed by atoms with E-state index in [-0.39, 0.29) is 11.8 Å². The maximum atomic E-state index is 11.2. The van der Waals surface area contributed by atoms with E-state index in [1.165, 1.54) is 16.3 Å². The zero-order chi connectivity index (χ0) is 14.8. The number of likely N-dealkylation sites (tertiary alicyclic amines) is 1. The Kier molecular flexibility index (Phi) is 3.80. The first kappa shape index (κ1) is 13.9. The van der Waals surface area contributed by atoms with Crippen LogP contribution in [0.1, 0.15) is 12.0 Å². The highest BCUT2D eigenvalue weighted by atomic mass is 16.5. The van der Waals surface area contributed by atoms with Crippen LogP contribution in [0.2, 0.25) is 0 Å². The summed E-state index contributed by atoms with van der Waals surface area (Å²) in [7, 11) is 1.68. The van der Waals surface area contributed by atoms with Crippen LogP contribution in [0.3, 0.4) is 0 Å². The van der Waals surface area contributed by atoms with Gasteiger partial charge in [0.05, 0.1) is 13.0 Å². The van der Waals surface area contributed by atoms with Crippen LogP contribution in [0.15, 0.2) is 36.4 Å². The maximum absolute atomic E-state index is 11.2. The molecule has 110 valence electrons. The summed E-state index contributed by atoms with van der Waals surface area (Å²) in [5.41, 5.74) is 6.64. The molecule has 1 fully saturated rings. The number of ether oxygens (including phenoxy) is 1. The standard InChI is InChI=1S/C17H20N2O2/c1-21-16-5-4-13-8-12(2-3-14(13)9-16)10-19-7-6-15(11-19)17(18)20/h2-5,8-9,15H,6-7,10-11H2,1H3,(H2,18,20)/t15-/m1/s1. The second-order valence-corrected chi connectivity index (χ2v) is 5.67. The number of amides is 1. The number of hydrogen-bond acceptors (Lipinski definition) is 3. The van der Waals surface area contributed by atoms with Gasteiger partial charge >= 0.3 is 0 Å². The van der Waals surface area contributed by atoms with E-state index in [0.717, 1.165) is 31.8 Å². The van der Waals surface area contributed by atoms with Crippen molar-refractivity contribution in [3.63, 3.8) is 0 Å². The monoisotopic (exact) mass is 284 g/mol. The van der Waals surface area contributed by atoms with Crippen molar-refractivity contribution >= 4 is 16.7 Å². The normalized spacial score (nSPS) is 19.0. The van der Waals surface area contributed by atoms with Crippen molar-refractivity contribution < 1.29 is 9.53 Å². The zero-order valence-electron chi connectivity index (χ0n) is 12.2. The number of rotatable bonds is 4. The molecule has 0 radical (unpaired) electrons. The summed E-state index contributed by atoms with van der Waals surface area (Å²) in [4.78, 5) is 13.5. The van der Waals surface area contributed by atoms with Gasteiger partial charge in [-0.1, -0.05) is 18.2 Å². The van der Waals surface area contributed by atoms with Crippen molar-refractivity contribution in [1.82, 2.24) is 4.90 Å². The smallest absolute Gasteiger partial charge is 0.221 e. The number of benzene rings is 2. The predicted octanol–water partition coefficient (Wildman–Crippen LogP) is 2.16. The molecular formula is C17H20N2O2. The molecule has 0 unspecified atom stereocenters. The molecule has 4 nitrogen and oxygen atoms in total. The van der Waals surface area contributed by atoms with Crippen LogP contribution in [-0.2, 0) is 11.3 Å². The molecule has 1 atom stereocenters. The number of hydrogen-bond donors (Lipinski definition) is 1. The highest BCUT2D eigenvalue weighted by Gasteiger charge is 2.26. The van der Waals surface area contributed by atoms with Crippen LogP contribution in [-0.4, -0.2) is 31.0 Å². The molecule has 0 bridgehead atoms. The number of nitrogens with zero attached hydrogens (tertiary/aromatic N) is 1. The van der Waals surface area contributed by atoms with Crippen LogP contribution >= 0.6 is 0 Å². The van der Waals surface area contributed by atoms with Gasteiger partial charge < -0.3 is 10.5 Å². The fourth-order valence-electron chi connectivity index (χ4n) is 2.97. The summed E-state index contributed by atoms with van der Waals surface area (Å²) >= 11 is 0. The van der Waals surface area contributed by atoms with E-state index in [9.17, 15) is 4.79 Å². The molecule has 4 heteroatoms. The Hall–Kier alpha value is -2.07. The minimum Gasteiger partial charge on any atom is -0.497 e. The molecule has 1 saturated heterocycles. The second-order valence-electron chi connectivity index (χ2n) is 5.67. The number of carbonyl (C=O) groups excluding carboxylic acids is 1. The summed E-state index contributed by atoms with van der Waals surface area (Å²) in [6.07, 6.45) is 0.875. The van der Waals surface area contributed by atoms with Gasteiger partial charge in [-0.05, 0) is 47.5 Å². The number of methoxy groups -OCH3 is 1. The summed E-state index contributed by atoms with van der Waals surface area (Å²) in [5, 5.41) is 2.38. The van der Waals surface area contributed by atoms with Gasteiger partial charge in [-0.3, -0.25) is 9.69 Å². The highest BCUT2D eigenvalue weighted by molar-refractivity contribution is 5.84. The largest absolute Gasteiger partial charge is 0.497 e. The van der Waals surface area contributed by atoms with Crippen LogP contribution in [0, 0.1) is 5.92 Å². The van der Waals surface area contributed by atoms with Crippen LogP contribution in [0.25, 0.3) is 10.8 Å². The van der Waals surface area contributed by atoms with Crippen molar-refractivity contribution in [2.45, 2.75) is 13.0 Å². The second kappa shape index (κ2) is 5.74. The lowest BCUT2D eigenvalue weighted by atomic mass is 10.1. The van der Waals surface area contributed by atoms with Gasteiger partial charge in [-0.25, -0.2) is 0 Å². The van der Waals surface area contributed by atoms with E-state index >= 15 is 0 Å². The van der Waals surface area contributed by atoms with Gasteiger partial charge in [-0.15, -0.1) is 0 Å². The van der Waals surface area contributed by atoms with Gasteiger partial charge in [0.1, 0.15) is 5.75 Å². The molecule has 0 aromatic heterocycles. The van der Waals surface area contributed by atoms with Crippen LogP contribution in [0.4, 0.5) is 0 Å². The lowest BCUT2D eigenvalue weighted by Gasteiger charge is -2.16. The molecule has 1 amide bonds. The predicted molar refractivity (Wildman–Crippen MR) is 83.1 cm³/mol. The average molecular weight is 284 g/mol. The zero-order valence-corrected chi connectivity index (χ0v) is 12.2. The first-order valence-corrected chi connectivity index (χ1v) is 7.24. The molecule has 1 aliphatic rings. The first-order chi connectivity index (χ1) is 10.2. The molecule has 2 aromatic carbocycles. The minimum absolute atomic E-state index is 0.00900. The Bertz CT molecular complexity index is 669. The maximum Gasteiger partial charge on any atom is 0.221 e. The van der Waals surface area contributed by atoms with Gasteiger partial charge in [0.15, 0.2) is 0 Å². The number of nitrogens with two attached hydrogens (primary N) is 1. The first-order valence-electron chi connectivity index (χ1n) is 7.24. The third-order valence-electron chi connectivity index (χ3n) is 4.19. The Morgan fingerprint density at radius 1 is 1.29 bits per heavy atom. The number of fused-ring (bicyclic) bond motifs is 1. The lowest BCUT2D eigenvalue weighted by Crippen LogP contribution is -2.27. The van der Waals surface area contributed by atoms with E-state index in [1.807, 2.05) is 12.1 Å². The van der Waals surface area contributed by atoms with E-state index in [0.29, 0.717) is 0 Å². The van der Waals surface area contributed by atoms with Gasteiger partial charge in [0.25, 0.3) is 0 Å². The molecule has 2 aromatic rings. The Labute approximate surface area is 124 Å². The van der Waals surface area contributed by atoms with Crippen molar-refractivity contribution in [3.8, 4) is 5.75 Å². The molecular weight excluding hydrogens is 264 g/mol. The fraction of sp³-hybridized carbons (Fsp3) is 0.353. The van der Waals surface area contributed by atoms with Crippen molar-refractivity contribution in [2.24, 2.45) is 11.7 Å². The molecule has 21 heavy (non-hydrogen) atoms. The summed E-state index contributed by atoms with van der Waals surface area (Å²) in [6, 6.07) is 12.6. The molecule has 3 rings (SSSR count). The van der Waals surface area contributed by atoms with Gasteiger partial charge in [0, 0.05) is 13.1 Å². The van der Waals surface area contributed by atoms with Crippen LogP contribution < -0.4 is 10.5 Å². The third-order valence-corrected chi connectivity index (χ3v) is 4.19. The van der Waals surface area contributed by atoms with Gasteiger partial charge in [-0.2, -0.15) is 0 Å². The Morgan fingerprint density at radius 2 is 2.05 bits per heavy atom. The van der Waals surface area contributed by atoms with Crippen LogP contribution in [0.5, 0.6) is 5.75 Å². The molecule has 0 saturated carbocycles. The van der Waals surface area contributed by atoms with Crippen molar-refractivity contribution in [3.05, 3.63) is 42.0 Å². The van der Waals surface area contributed by atoms with E-state index in [2.05, 4.69) is 29.2 Å². The molecule has 0 spiro atoms. The summed E-state index contributed by atoms with van der Waals surface area (Å²) in [6.45, 7) is 2.58. The molecule has 2 N–H and O–H groups in total. The van der Waals surface area contributed by atoms with E-state index in [1.54, 1.807) is 7.11 Å². The quantitative estimate of drug-likeness (QED) is 0.936. The minimum atomic E-state index is -0.178. The Morgan fingerprint density at radius 3 is 2.76 bits per heavy atom. The third kappa shape index (κ3) is 3.00. The molecule has 1 heterocycles. The molecule has 0 aliphatic carbocycles. The average Bonchev–Trinajstić information content (AvgIpc) is 2.95. The highest BCUT2D eigenvalue weighted by Crippen LogP contribution is 2.24. The lowest BCUT2D eigenvalue weighted by molar-refractivity contribution is -0.121. The fourth-order valence-corrected chi connectivity index (χ4v) is 2.97. The molecule has 1 aliphatic heterocycles. The summed E-state index contributed by atoms with van der Waals surface area (Å²) in [5.74, 6) is 0.705.